The summed E-state index contributed by atoms with van der Waals surface area (Å²) in [4.78, 5) is 16.6. The van der Waals surface area contributed by atoms with Crippen molar-refractivity contribution in [3.8, 4) is 5.75 Å². The van der Waals surface area contributed by atoms with Crippen LogP contribution in [0.3, 0.4) is 0 Å². The Bertz CT molecular complexity index is 405. The Hall–Kier alpha value is -1.62. The Morgan fingerprint density at radius 1 is 1.39 bits per heavy atom. The molecule has 0 radical (unpaired) electrons. The molecule has 0 aliphatic heterocycles. The maximum Gasteiger partial charge on any atom is 0.281 e. The smallest absolute Gasteiger partial charge is 0.281 e. The number of ether oxygens (including phenoxy) is 1. The van der Waals surface area contributed by atoms with E-state index in [2.05, 4.69) is 5.48 Å². The van der Waals surface area contributed by atoms with Crippen LogP contribution in [0.2, 0.25) is 0 Å². The molecule has 1 N–H and O–H groups in total. The summed E-state index contributed by atoms with van der Waals surface area (Å²) in [5, 5.41) is 0. The molecule has 1 aliphatic rings. The molecule has 1 aromatic rings. The second kappa shape index (κ2) is 6.35. The second-order valence-corrected chi connectivity index (χ2v) is 4.30. The van der Waals surface area contributed by atoms with Gasteiger partial charge in [0, 0.05) is 6.07 Å². The Morgan fingerprint density at radius 2 is 2.17 bits per heavy atom. The van der Waals surface area contributed by atoms with Crippen molar-refractivity contribution in [1.82, 2.24) is 5.48 Å². The van der Waals surface area contributed by atoms with Crippen LogP contribution < -0.4 is 10.2 Å². The molecule has 0 saturated heterocycles. The molecule has 0 bridgehead atoms. The maximum atomic E-state index is 12.8. The number of hydroxylamine groups is 1. The molecule has 0 heterocycles. The van der Waals surface area contributed by atoms with Gasteiger partial charge in [0.2, 0.25) is 0 Å². The molecule has 0 aromatic heterocycles. The van der Waals surface area contributed by atoms with Crippen molar-refractivity contribution < 1.29 is 18.8 Å². The van der Waals surface area contributed by atoms with Gasteiger partial charge in [-0.25, -0.2) is 9.87 Å². The van der Waals surface area contributed by atoms with Crippen molar-refractivity contribution in [3.63, 3.8) is 0 Å². The third kappa shape index (κ3) is 4.00. The van der Waals surface area contributed by atoms with E-state index in [0.29, 0.717) is 5.75 Å². The highest BCUT2D eigenvalue weighted by Gasteiger charge is 2.16. The molecule has 98 valence electrons. The molecule has 0 atom stereocenters. The Morgan fingerprint density at radius 3 is 2.89 bits per heavy atom. The van der Waals surface area contributed by atoms with Crippen molar-refractivity contribution in [1.29, 1.82) is 0 Å². The summed E-state index contributed by atoms with van der Waals surface area (Å²) in [6, 6.07) is 5.66. The highest BCUT2D eigenvalue weighted by molar-refractivity contribution is 5.76. The molecule has 18 heavy (non-hydrogen) atoms. The van der Waals surface area contributed by atoms with E-state index in [-0.39, 0.29) is 18.6 Å². The number of carbonyl (C=O) groups excluding carboxylic acids is 1. The number of amides is 1. The predicted octanol–water partition coefficient (Wildman–Crippen LogP) is 2.19. The molecule has 5 heteroatoms. The van der Waals surface area contributed by atoms with Crippen molar-refractivity contribution in [2.24, 2.45) is 0 Å². The van der Waals surface area contributed by atoms with Crippen molar-refractivity contribution in [2.45, 2.75) is 31.8 Å². The summed E-state index contributed by atoms with van der Waals surface area (Å²) < 4.78 is 18.0. The third-order valence-electron chi connectivity index (χ3n) is 2.81. The van der Waals surface area contributed by atoms with Crippen LogP contribution in [0.4, 0.5) is 4.39 Å². The van der Waals surface area contributed by atoms with Gasteiger partial charge in [-0.1, -0.05) is 18.9 Å². The number of halogens is 1. The van der Waals surface area contributed by atoms with E-state index in [9.17, 15) is 9.18 Å². The van der Waals surface area contributed by atoms with Gasteiger partial charge in [-0.2, -0.15) is 0 Å². The zero-order chi connectivity index (χ0) is 12.8. The fourth-order valence-corrected chi connectivity index (χ4v) is 1.89. The fraction of sp³-hybridized carbons (Fsp3) is 0.462. The van der Waals surface area contributed by atoms with E-state index in [1.165, 1.54) is 18.2 Å². The first-order valence-electron chi connectivity index (χ1n) is 6.07. The first kappa shape index (κ1) is 12.8. The average molecular weight is 253 g/mol. The van der Waals surface area contributed by atoms with Crippen LogP contribution in [0.1, 0.15) is 25.7 Å². The molecular formula is C13H16FNO3. The number of benzene rings is 1. The lowest BCUT2D eigenvalue weighted by Gasteiger charge is -2.11. The summed E-state index contributed by atoms with van der Waals surface area (Å²) in [6.45, 7) is -0.184. The maximum absolute atomic E-state index is 12.8. The molecule has 4 nitrogen and oxygen atoms in total. The van der Waals surface area contributed by atoms with Gasteiger partial charge in [0.05, 0.1) is 6.10 Å². The summed E-state index contributed by atoms with van der Waals surface area (Å²) in [5.41, 5.74) is 2.35. The summed E-state index contributed by atoms with van der Waals surface area (Å²) in [5.74, 6) is -0.438. The van der Waals surface area contributed by atoms with Crippen molar-refractivity contribution >= 4 is 5.91 Å². The highest BCUT2D eigenvalue weighted by atomic mass is 19.1. The molecule has 1 saturated carbocycles. The van der Waals surface area contributed by atoms with Gasteiger partial charge in [-0.05, 0) is 25.0 Å². The van der Waals surface area contributed by atoms with Crippen LogP contribution in [-0.4, -0.2) is 18.6 Å². The van der Waals surface area contributed by atoms with Gasteiger partial charge in [-0.15, -0.1) is 0 Å². The van der Waals surface area contributed by atoms with Gasteiger partial charge < -0.3 is 4.74 Å². The fourth-order valence-electron chi connectivity index (χ4n) is 1.89. The Labute approximate surface area is 105 Å². The van der Waals surface area contributed by atoms with Crippen molar-refractivity contribution in [3.05, 3.63) is 30.1 Å². The minimum atomic E-state index is -0.393. The predicted molar refractivity (Wildman–Crippen MR) is 63.4 cm³/mol. The minimum Gasteiger partial charge on any atom is -0.484 e. The molecule has 0 spiro atoms. The monoisotopic (exact) mass is 253 g/mol. The molecule has 2 rings (SSSR count). The van der Waals surface area contributed by atoms with Crippen LogP contribution in [0.25, 0.3) is 0 Å². The van der Waals surface area contributed by atoms with E-state index >= 15 is 0 Å². The third-order valence-corrected chi connectivity index (χ3v) is 2.81. The second-order valence-electron chi connectivity index (χ2n) is 4.30. The lowest BCUT2D eigenvalue weighted by molar-refractivity contribution is -0.140. The standard InChI is InChI=1S/C13H16FNO3/c14-10-4-3-7-12(8-10)17-9-13(16)15-18-11-5-1-2-6-11/h3-4,7-8,11H,1-2,5-6,9H2,(H,15,16). The topological polar surface area (TPSA) is 47.6 Å². The molecule has 1 aromatic carbocycles. The molecule has 1 amide bonds. The van der Waals surface area contributed by atoms with Crippen LogP contribution in [0.15, 0.2) is 24.3 Å². The lowest BCUT2D eigenvalue weighted by Crippen LogP contribution is -2.32. The van der Waals surface area contributed by atoms with Gasteiger partial charge >= 0.3 is 0 Å². The largest absolute Gasteiger partial charge is 0.484 e. The van der Waals surface area contributed by atoms with E-state index in [1.54, 1.807) is 6.07 Å². The molecular weight excluding hydrogens is 237 g/mol. The highest BCUT2D eigenvalue weighted by Crippen LogP contribution is 2.19. The number of carbonyl (C=O) groups is 1. The summed E-state index contributed by atoms with van der Waals surface area (Å²) in [7, 11) is 0. The average Bonchev–Trinajstić information content (AvgIpc) is 2.87. The number of nitrogens with one attached hydrogen (secondary N) is 1. The number of rotatable bonds is 5. The van der Waals surface area contributed by atoms with Gasteiger partial charge in [0.1, 0.15) is 11.6 Å². The molecule has 0 unspecified atom stereocenters. The Kier molecular flexibility index (Phi) is 4.52. The van der Waals surface area contributed by atoms with Crippen LogP contribution in [0, 0.1) is 5.82 Å². The lowest BCUT2D eigenvalue weighted by atomic mass is 10.3. The molecule has 1 aliphatic carbocycles. The Balaban J connectivity index is 1.68. The van der Waals surface area contributed by atoms with E-state index in [1.807, 2.05) is 0 Å². The minimum absolute atomic E-state index is 0.114. The van der Waals surface area contributed by atoms with Gasteiger partial charge in [0.25, 0.3) is 5.91 Å². The zero-order valence-electron chi connectivity index (χ0n) is 10.0. The normalized spacial score (nSPS) is 15.6. The first-order chi connectivity index (χ1) is 8.74. The number of hydrogen-bond acceptors (Lipinski definition) is 3. The number of hydrogen-bond donors (Lipinski definition) is 1. The van der Waals surface area contributed by atoms with E-state index < -0.39 is 5.82 Å². The van der Waals surface area contributed by atoms with Gasteiger partial charge in [0.15, 0.2) is 6.61 Å². The van der Waals surface area contributed by atoms with Crippen LogP contribution in [-0.2, 0) is 9.63 Å². The SMILES string of the molecule is O=C(COc1cccc(F)c1)NOC1CCCC1. The van der Waals surface area contributed by atoms with Crippen LogP contribution >= 0.6 is 0 Å². The van der Waals surface area contributed by atoms with Crippen molar-refractivity contribution in [2.75, 3.05) is 6.61 Å². The van der Waals surface area contributed by atoms with Gasteiger partial charge in [-0.3, -0.25) is 9.63 Å². The van der Waals surface area contributed by atoms with E-state index in [4.69, 9.17) is 9.57 Å². The summed E-state index contributed by atoms with van der Waals surface area (Å²) in [6.07, 6.45) is 4.35. The van der Waals surface area contributed by atoms with Crippen LogP contribution in [0.5, 0.6) is 5.75 Å². The first-order valence-corrected chi connectivity index (χ1v) is 6.07. The summed E-state index contributed by atoms with van der Waals surface area (Å²) >= 11 is 0. The zero-order valence-corrected chi connectivity index (χ0v) is 10.0. The quantitative estimate of drug-likeness (QED) is 0.818. The van der Waals surface area contributed by atoms with E-state index in [0.717, 1.165) is 25.7 Å². The molecule has 1 fully saturated rings.